The highest BCUT2D eigenvalue weighted by Crippen LogP contribution is 2.14. The Bertz CT molecular complexity index is 786. The number of sulfonamides is 1. The molecule has 0 bridgehead atoms. The van der Waals surface area contributed by atoms with E-state index in [-0.39, 0.29) is 11.7 Å². The van der Waals surface area contributed by atoms with Crippen molar-refractivity contribution in [3.8, 4) is 0 Å². The van der Waals surface area contributed by atoms with Crippen molar-refractivity contribution in [3.63, 3.8) is 0 Å². The van der Waals surface area contributed by atoms with E-state index in [0.717, 1.165) is 5.56 Å². The van der Waals surface area contributed by atoms with Crippen LogP contribution in [-0.2, 0) is 15.8 Å². The minimum atomic E-state index is -3.37. The number of carbonyl (C=O) groups excluding carboxylic acids is 1. The number of pyridine rings is 1. The largest absolute Gasteiger partial charge is 0.335 e. The minimum Gasteiger partial charge on any atom is -0.335 e. The zero-order chi connectivity index (χ0) is 17.0. The normalized spacial score (nSPS) is 16.1. The molecule has 6 nitrogen and oxygen atoms in total. The molecular formula is C17H19N3O3S. The molecular weight excluding hydrogens is 326 g/mol. The number of hydrogen-bond donors (Lipinski definition) is 0. The molecule has 3 rings (SSSR count). The van der Waals surface area contributed by atoms with Gasteiger partial charge in [0.15, 0.2) is 0 Å². The van der Waals surface area contributed by atoms with Crippen LogP contribution in [0.15, 0.2) is 54.7 Å². The van der Waals surface area contributed by atoms with Crippen molar-refractivity contribution >= 4 is 15.9 Å². The van der Waals surface area contributed by atoms with Crippen LogP contribution >= 0.6 is 0 Å². The molecule has 0 spiro atoms. The van der Waals surface area contributed by atoms with E-state index in [0.29, 0.717) is 31.9 Å². The molecule has 0 radical (unpaired) electrons. The van der Waals surface area contributed by atoms with Gasteiger partial charge in [0.05, 0.1) is 5.75 Å². The van der Waals surface area contributed by atoms with E-state index < -0.39 is 10.0 Å². The molecule has 1 fully saturated rings. The van der Waals surface area contributed by atoms with E-state index in [9.17, 15) is 13.2 Å². The van der Waals surface area contributed by atoms with Gasteiger partial charge in [-0.1, -0.05) is 36.4 Å². The summed E-state index contributed by atoms with van der Waals surface area (Å²) < 4.78 is 26.5. The molecule has 126 valence electrons. The van der Waals surface area contributed by atoms with Crippen LogP contribution in [0.4, 0.5) is 0 Å². The molecule has 1 aromatic heterocycles. The van der Waals surface area contributed by atoms with E-state index in [1.807, 2.05) is 18.2 Å². The molecule has 1 amide bonds. The molecule has 1 aromatic carbocycles. The zero-order valence-electron chi connectivity index (χ0n) is 13.2. The van der Waals surface area contributed by atoms with E-state index in [1.165, 1.54) is 4.31 Å². The average Bonchev–Trinajstić information content (AvgIpc) is 2.62. The summed E-state index contributed by atoms with van der Waals surface area (Å²) in [6, 6.07) is 14.3. The Kier molecular flexibility index (Phi) is 4.92. The number of benzene rings is 1. The number of rotatable bonds is 4. The van der Waals surface area contributed by atoms with Gasteiger partial charge in [-0.3, -0.25) is 9.78 Å². The second kappa shape index (κ2) is 7.11. The third-order valence-corrected chi connectivity index (χ3v) is 5.85. The van der Waals surface area contributed by atoms with Crippen LogP contribution in [0.1, 0.15) is 16.1 Å². The van der Waals surface area contributed by atoms with E-state index in [1.54, 1.807) is 41.4 Å². The Morgan fingerprint density at radius 1 is 0.958 bits per heavy atom. The summed E-state index contributed by atoms with van der Waals surface area (Å²) in [5, 5.41) is 0. The molecule has 1 saturated heterocycles. The van der Waals surface area contributed by atoms with Crippen LogP contribution in [0, 0.1) is 0 Å². The maximum Gasteiger partial charge on any atom is 0.272 e. The topological polar surface area (TPSA) is 70.6 Å². The number of piperazine rings is 1. The molecule has 7 heteroatoms. The lowest BCUT2D eigenvalue weighted by Gasteiger charge is -2.33. The molecule has 0 atom stereocenters. The highest BCUT2D eigenvalue weighted by Gasteiger charge is 2.29. The first-order chi connectivity index (χ1) is 11.6. The van der Waals surface area contributed by atoms with Gasteiger partial charge in [0.2, 0.25) is 10.0 Å². The second-order valence-corrected chi connectivity index (χ2v) is 7.62. The number of amides is 1. The van der Waals surface area contributed by atoms with E-state index in [4.69, 9.17) is 0 Å². The third-order valence-electron chi connectivity index (χ3n) is 4.00. The van der Waals surface area contributed by atoms with Crippen molar-refractivity contribution in [1.82, 2.24) is 14.2 Å². The Morgan fingerprint density at radius 3 is 2.25 bits per heavy atom. The van der Waals surface area contributed by atoms with Crippen molar-refractivity contribution in [3.05, 3.63) is 66.0 Å². The van der Waals surface area contributed by atoms with Crippen molar-refractivity contribution in [1.29, 1.82) is 0 Å². The number of nitrogens with zero attached hydrogens (tertiary/aromatic N) is 3. The predicted octanol–water partition coefficient (Wildman–Crippen LogP) is 1.37. The van der Waals surface area contributed by atoms with Crippen LogP contribution in [0.5, 0.6) is 0 Å². The van der Waals surface area contributed by atoms with Gasteiger partial charge in [0.25, 0.3) is 5.91 Å². The lowest BCUT2D eigenvalue weighted by molar-refractivity contribution is 0.0692. The smallest absolute Gasteiger partial charge is 0.272 e. The summed E-state index contributed by atoms with van der Waals surface area (Å²) in [5.74, 6) is -0.169. The Morgan fingerprint density at radius 2 is 1.62 bits per heavy atom. The lowest BCUT2D eigenvalue weighted by Crippen LogP contribution is -2.50. The van der Waals surface area contributed by atoms with Crippen molar-refractivity contribution in [2.24, 2.45) is 0 Å². The molecule has 0 unspecified atom stereocenters. The van der Waals surface area contributed by atoms with Gasteiger partial charge < -0.3 is 4.90 Å². The summed E-state index contributed by atoms with van der Waals surface area (Å²) in [4.78, 5) is 18.0. The van der Waals surface area contributed by atoms with Gasteiger partial charge in [0.1, 0.15) is 5.69 Å². The van der Waals surface area contributed by atoms with Crippen molar-refractivity contribution in [2.45, 2.75) is 5.75 Å². The van der Waals surface area contributed by atoms with Gasteiger partial charge in [-0.25, -0.2) is 8.42 Å². The fourth-order valence-electron chi connectivity index (χ4n) is 2.70. The monoisotopic (exact) mass is 345 g/mol. The number of carbonyl (C=O) groups is 1. The highest BCUT2D eigenvalue weighted by atomic mass is 32.2. The van der Waals surface area contributed by atoms with Gasteiger partial charge in [-0.2, -0.15) is 4.31 Å². The van der Waals surface area contributed by atoms with Crippen LogP contribution < -0.4 is 0 Å². The maximum absolute atomic E-state index is 12.5. The van der Waals surface area contributed by atoms with E-state index >= 15 is 0 Å². The zero-order valence-corrected chi connectivity index (χ0v) is 14.0. The first kappa shape index (κ1) is 16.6. The summed E-state index contributed by atoms with van der Waals surface area (Å²) in [6.07, 6.45) is 1.58. The second-order valence-electron chi connectivity index (χ2n) is 5.65. The Balaban J connectivity index is 1.61. The van der Waals surface area contributed by atoms with Crippen LogP contribution in [0.3, 0.4) is 0 Å². The molecule has 0 saturated carbocycles. The van der Waals surface area contributed by atoms with Crippen LogP contribution in [0.2, 0.25) is 0 Å². The average molecular weight is 345 g/mol. The fourth-order valence-corrected chi connectivity index (χ4v) is 4.21. The first-order valence-corrected chi connectivity index (χ1v) is 9.39. The van der Waals surface area contributed by atoms with Gasteiger partial charge in [-0.15, -0.1) is 0 Å². The molecule has 2 heterocycles. The quantitative estimate of drug-likeness (QED) is 0.839. The molecule has 0 N–H and O–H groups in total. The predicted molar refractivity (Wildman–Crippen MR) is 90.8 cm³/mol. The molecule has 1 aliphatic heterocycles. The number of hydrogen-bond acceptors (Lipinski definition) is 4. The molecule has 24 heavy (non-hydrogen) atoms. The Labute approximate surface area is 141 Å². The van der Waals surface area contributed by atoms with Gasteiger partial charge in [-0.05, 0) is 17.7 Å². The lowest BCUT2D eigenvalue weighted by atomic mass is 10.2. The van der Waals surface area contributed by atoms with Gasteiger partial charge >= 0.3 is 0 Å². The van der Waals surface area contributed by atoms with Crippen molar-refractivity contribution < 1.29 is 13.2 Å². The summed E-state index contributed by atoms with van der Waals surface area (Å²) in [7, 11) is -3.37. The molecule has 1 aliphatic rings. The third kappa shape index (κ3) is 3.80. The molecule has 2 aromatic rings. The summed E-state index contributed by atoms with van der Waals surface area (Å²) in [5.41, 5.74) is 1.16. The minimum absolute atomic E-state index is 0.0119. The fraction of sp³-hybridized carbons (Fsp3) is 0.294. The Hall–Kier alpha value is -2.25. The molecule has 0 aliphatic carbocycles. The standard InChI is InChI=1S/C17H19N3O3S/c21-17(16-8-4-5-9-18-16)19-10-12-20(13-11-19)24(22,23)14-15-6-2-1-3-7-15/h1-9H,10-14H2. The summed E-state index contributed by atoms with van der Waals surface area (Å²) >= 11 is 0. The first-order valence-electron chi connectivity index (χ1n) is 7.78. The van der Waals surface area contributed by atoms with Crippen LogP contribution in [0.25, 0.3) is 0 Å². The maximum atomic E-state index is 12.5. The van der Waals surface area contributed by atoms with Crippen LogP contribution in [-0.4, -0.2) is 54.7 Å². The number of aromatic nitrogens is 1. The van der Waals surface area contributed by atoms with Gasteiger partial charge in [0, 0.05) is 32.4 Å². The summed E-state index contributed by atoms with van der Waals surface area (Å²) in [6.45, 7) is 1.38. The SMILES string of the molecule is O=C(c1ccccn1)N1CCN(S(=O)(=O)Cc2ccccc2)CC1. The highest BCUT2D eigenvalue weighted by molar-refractivity contribution is 7.88. The van der Waals surface area contributed by atoms with E-state index in [2.05, 4.69) is 4.98 Å². The van der Waals surface area contributed by atoms with Crippen molar-refractivity contribution in [2.75, 3.05) is 26.2 Å².